The van der Waals surface area contributed by atoms with Crippen molar-refractivity contribution >= 4 is 23.2 Å². The minimum absolute atomic E-state index is 0.286. The monoisotopic (exact) mass is 312 g/mol. The Morgan fingerprint density at radius 2 is 2.10 bits per heavy atom. The highest BCUT2D eigenvalue weighted by atomic mass is 35.5. The van der Waals surface area contributed by atoms with Crippen LogP contribution in [0, 0.1) is 10.8 Å². The van der Waals surface area contributed by atoms with Crippen molar-refractivity contribution < 1.29 is 0 Å². The van der Waals surface area contributed by atoms with Gasteiger partial charge in [-0.15, -0.1) is 0 Å². The molecule has 0 aromatic heterocycles. The number of piperidine rings is 1. The first-order valence-electron chi connectivity index (χ1n) is 7.07. The third-order valence-corrected chi connectivity index (χ3v) is 5.83. The summed E-state index contributed by atoms with van der Waals surface area (Å²) in [7, 11) is 2.17. The molecule has 2 saturated heterocycles. The summed E-state index contributed by atoms with van der Waals surface area (Å²) < 4.78 is 0. The Kier molecular flexibility index (Phi) is 4.02. The van der Waals surface area contributed by atoms with E-state index in [4.69, 9.17) is 23.2 Å². The fourth-order valence-electron chi connectivity index (χ4n) is 4.04. The van der Waals surface area contributed by atoms with Crippen LogP contribution in [0.5, 0.6) is 0 Å². The molecule has 2 fully saturated rings. The van der Waals surface area contributed by atoms with Crippen molar-refractivity contribution in [3.63, 3.8) is 0 Å². The second-order valence-corrected chi connectivity index (χ2v) is 6.77. The molecule has 1 aromatic carbocycles. The first-order valence-corrected chi connectivity index (χ1v) is 7.83. The molecule has 20 heavy (non-hydrogen) atoms. The largest absolute Gasteiger partial charge is 0.300 e. The van der Waals surface area contributed by atoms with Crippen molar-refractivity contribution in [1.29, 1.82) is 0 Å². The van der Waals surface area contributed by atoms with E-state index in [1.54, 1.807) is 0 Å². The molecule has 5 heteroatoms. The van der Waals surface area contributed by atoms with Crippen molar-refractivity contribution in [2.24, 2.45) is 11.1 Å². The van der Waals surface area contributed by atoms with Crippen molar-refractivity contribution in [3.8, 4) is 0 Å². The molecular formula is C15H18Cl2N2O. The van der Waals surface area contributed by atoms with E-state index in [-0.39, 0.29) is 5.92 Å². The predicted octanol–water partition coefficient (Wildman–Crippen LogP) is 4.33. The molecular weight excluding hydrogens is 295 g/mol. The second-order valence-electron chi connectivity index (χ2n) is 5.96. The van der Waals surface area contributed by atoms with Crippen LogP contribution in [0.1, 0.15) is 30.7 Å². The Morgan fingerprint density at radius 3 is 2.80 bits per heavy atom. The summed E-state index contributed by atoms with van der Waals surface area (Å²) in [5.41, 5.74) is 1.19. The van der Waals surface area contributed by atoms with E-state index < -0.39 is 0 Å². The summed E-state index contributed by atoms with van der Waals surface area (Å²) in [6.45, 7) is 0.382. The molecule has 2 bridgehead atoms. The third kappa shape index (κ3) is 2.36. The van der Waals surface area contributed by atoms with Crippen LogP contribution in [0.4, 0.5) is 0 Å². The summed E-state index contributed by atoms with van der Waals surface area (Å²) in [5.74, 6) is 0.643. The quantitative estimate of drug-likeness (QED) is 0.778. The maximum absolute atomic E-state index is 10.8. The number of benzene rings is 1. The molecule has 1 aromatic rings. The zero-order valence-corrected chi connectivity index (χ0v) is 12.9. The molecule has 3 rings (SSSR count). The molecule has 4 atom stereocenters. The van der Waals surface area contributed by atoms with Crippen molar-refractivity contribution in [2.45, 2.75) is 37.3 Å². The lowest BCUT2D eigenvalue weighted by atomic mass is 9.76. The Labute approximate surface area is 129 Å². The van der Waals surface area contributed by atoms with E-state index >= 15 is 0 Å². The standard InChI is InChI=1S/C15H18Cl2N2O/c1-19-10-3-5-15(19)12(8-18-20)11(7-10)9-2-4-13(16)14(17)6-9/h2,4,6,10-12,15H,3,5,7-8H2,1H3/t10?,11-,12+,15-/m1/s1. The molecule has 2 heterocycles. The van der Waals surface area contributed by atoms with Gasteiger partial charge in [0.1, 0.15) is 0 Å². The Hall–Kier alpha value is -0.640. The van der Waals surface area contributed by atoms with Gasteiger partial charge in [0, 0.05) is 18.0 Å². The van der Waals surface area contributed by atoms with Crippen LogP contribution in [0.2, 0.25) is 10.0 Å². The van der Waals surface area contributed by atoms with Crippen LogP contribution in [-0.2, 0) is 0 Å². The first kappa shape index (κ1) is 14.3. The van der Waals surface area contributed by atoms with Gasteiger partial charge in [0.05, 0.1) is 16.6 Å². The Bertz CT molecular complexity index is 523. The van der Waals surface area contributed by atoms with Crippen molar-refractivity contribution in [1.82, 2.24) is 4.90 Å². The number of hydrogen-bond acceptors (Lipinski definition) is 3. The topological polar surface area (TPSA) is 32.7 Å². The molecule has 0 saturated carbocycles. The zero-order chi connectivity index (χ0) is 14.3. The Morgan fingerprint density at radius 1 is 1.30 bits per heavy atom. The first-order chi connectivity index (χ1) is 9.61. The Balaban J connectivity index is 1.94. The summed E-state index contributed by atoms with van der Waals surface area (Å²) >= 11 is 12.1. The highest BCUT2D eigenvalue weighted by Crippen LogP contribution is 2.46. The van der Waals surface area contributed by atoms with Gasteiger partial charge in [0.15, 0.2) is 0 Å². The molecule has 2 aliphatic heterocycles. The van der Waals surface area contributed by atoms with Gasteiger partial charge < -0.3 is 4.90 Å². The van der Waals surface area contributed by atoms with E-state index in [0.717, 1.165) is 6.42 Å². The molecule has 2 aliphatic rings. The number of halogens is 2. The van der Waals surface area contributed by atoms with Gasteiger partial charge in [0.2, 0.25) is 0 Å². The number of rotatable bonds is 3. The lowest BCUT2D eigenvalue weighted by Crippen LogP contribution is -2.46. The van der Waals surface area contributed by atoms with E-state index in [1.807, 2.05) is 18.2 Å². The van der Waals surface area contributed by atoms with Gasteiger partial charge in [-0.25, -0.2) is 0 Å². The highest BCUT2D eigenvalue weighted by molar-refractivity contribution is 6.42. The van der Waals surface area contributed by atoms with Crippen LogP contribution in [0.25, 0.3) is 0 Å². The van der Waals surface area contributed by atoms with Gasteiger partial charge in [0.25, 0.3) is 0 Å². The van der Waals surface area contributed by atoms with E-state index in [1.165, 1.54) is 18.4 Å². The molecule has 3 nitrogen and oxygen atoms in total. The zero-order valence-electron chi connectivity index (χ0n) is 11.4. The van der Waals surface area contributed by atoms with Gasteiger partial charge in [-0.05, 0) is 49.9 Å². The number of fused-ring (bicyclic) bond motifs is 2. The van der Waals surface area contributed by atoms with Gasteiger partial charge in [-0.2, -0.15) is 4.91 Å². The van der Waals surface area contributed by atoms with Gasteiger partial charge >= 0.3 is 0 Å². The smallest absolute Gasteiger partial charge is 0.0860 e. The molecule has 0 N–H and O–H groups in total. The molecule has 0 aliphatic carbocycles. The molecule has 1 unspecified atom stereocenters. The van der Waals surface area contributed by atoms with Crippen LogP contribution in [-0.4, -0.2) is 30.6 Å². The van der Waals surface area contributed by atoms with Crippen LogP contribution < -0.4 is 0 Å². The number of hydrogen-bond donors (Lipinski definition) is 0. The van der Waals surface area contributed by atoms with Crippen molar-refractivity contribution in [2.75, 3.05) is 13.6 Å². The van der Waals surface area contributed by atoms with E-state index in [0.29, 0.717) is 34.6 Å². The highest BCUT2D eigenvalue weighted by Gasteiger charge is 2.45. The molecule has 0 radical (unpaired) electrons. The molecule has 0 amide bonds. The summed E-state index contributed by atoms with van der Waals surface area (Å²) in [4.78, 5) is 13.3. The minimum Gasteiger partial charge on any atom is -0.300 e. The SMILES string of the molecule is CN1C2CC[C@@H]1[C@@H](CN=O)[C@@H](c1ccc(Cl)c(Cl)c1)C2. The van der Waals surface area contributed by atoms with Gasteiger partial charge in [-0.1, -0.05) is 34.4 Å². The lowest BCUT2D eigenvalue weighted by molar-refractivity contribution is 0.104. The van der Waals surface area contributed by atoms with Crippen molar-refractivity contribution in [3.05, 3.63) is 38.7 Å². The fourth-order valence-corrected chi connectivity index (χ4v) is 4.35. The van der Waals surface area contributed by atoms with Crippen LogP contribution in [0.15, 0.2) is 23.4 Å². The lowest BCUT2D eigenvalue weighted by Gasteiger charge is -2.42. The number of nitrogens with zero attached hydrogens (tertiary/aromatic N) is 2. The average Bonchev–Trinajstić information content (AvgIpc) is 2.67. The van der Waals surface area contributed by atoms with Crippen LogP contribution in [0.3, 0.4) is 0 Å². The molecule has 108 valence electrons. The molecule has 0 spiro atoms. The average molecular weight is 313 g/mol. The minimum atomic E-state index is 0.286. The fraction of sp³-hybridized carbons (Fsp3) is 0.600. The third-order valence-electron chi connectivity index (χ3n) is 5.09. The summed E-state index contributed by atoms with van der Waals surface area (Å²) in [5, 5.41) is 4.36. The van der Waals surface area contributed by atoms with Crippen LogP contribution >= 0.6 is 23.2 Å². The summed E-state index contributed by atoms with van der Waals surface area (Å²) in [6, 6.07) is 6.93. The normalized spacial score (nSPS) is 33.4. The second kappa shape index (κ2) is 5.63. The van der Waals surface area contributed by atoms with E-state index in [2.05, 4.69) is 17.1 Å². The van der Waals surface area contributed by atoms with E-state index in [9.17, 15) is 4.91 Å². The number of nitroso groups, excluding NO2 is 1. The predicted molar refractivity (Wildman–Crippen MR) is 82.5 cm³/mol. The van der Waals surface area contributed by atoms with Gasteiger partial charge in [-0.3, -0.25) is 0 Å². The maximum Gasteiger partial charge on any atom is 0.0860 e. The maximum atomic E-state index is 10.8. The summed E-state index contributed by atoms with van der Waals surface area (Å²) in [6.07, 6.45) is 3.46.